The Morgan fingerprint density at radius 3 is 2.70 bits per heavy atom. The molecule has 1 rings (SSSR count). The molecule has 2 atom stereocenters. The standard InChI is InChI=1S/C15H25N3O2/c1-11(19)8-9-18(4)15(20)17-14-7-5-6-13(10-14)12(2)16-3/h5-7,10-12,16,19H,8-9H2,1-4H3,(H,17,20). The fraction of sp³-hybridized carbons (Fsp3) is 0.533. The molecule has 0 radical (unpaired) electrons. The average Bonchev–Trinajstić information content (AvgIpc) is 2.43. The molecule has 1 aromatic carbocycles. The van der Waals surface area contributed by atoms with E-state index < -0.39 is 6.10 Å². The molecule has 0 aliphatic rings. The van der Waals surface area contributed by atoms with Gasteiger partial charge in [0.05, 0.1) is 6.10 Å². The zero-order valence-electron chi connectivity index (χ0n) is 12.7. The van der Waals surface area contributed by atoms with Crippen molar-refractivity contribution in [2.75, 3.05) is 26.0 Å². The summed E-state index contributed by atoms with van der Waals surface area (Å²) in [5.74, 6) is 0. The maximum Gasteiger partial charge on any atom is 0.321 e. The van der Waals surface area contributed by atoms with Gasteiger partial charge in [0.1, 0.15) is 0 Å². The number of nitrogens with one attached hydrogen (secondary N) is 2. The predicted molar refractivity (Wildman–Crippen MR) is 81.9 cm³/mol. The van der Waals surface area contributed by atoms with Crippen molar-refractivity contribution in [2.24, 2.45) is 0 Å². The second kappa shape index (κ2) is 7.87. The van der Waals surface area contributed by atoms with E-state index in [1.54, 1.807) is 18.9 Å². The van der Waals surface area contributed by atoms with E-state index in [0.717, 1.165) is 11.3 Å². The molecule has 0 heterocycles. The number of hydrogen-bond acceptors (Lipinski definition) is 3. The van der Waals surface area contributed by atoms with Crippen molar-refractivity contribution >= 4 is 11.7 Å². The summed E-state index contributed by atoms with van der Waals surface area (Å²) >= 11 is 0. The molecule has 0 spiro atoms. The topological polar surface area (TPSA) is 64.6 Å². The van der Waals surface area contributed by atoms with Gasteiger partial charge in [-0.15, -0.1) is 0 Å². The van der Waals surface area contributed by atoms with Gasteiger partial charge in [-0.05, 0) is 45.0 Å². The minimum atomic E-state index is -0.398. The first-order valence-electron chi connectivity index (χ1n) is 6.91. The van der Waals surface area contributed by atoms with Crippen molar-refractivity contribution in [3.05, 3.63) is 29.8 Å². The molecule has 0 aliphatic heterocycles. The second-order valence-corrected chi connectivity index (χ2v) is 5.13. The molecular weight excluding hydrogens is 254 g/mol. The molecule has 5 nitrogen and oxygen atoms in total. The van der Waals surface area contributed by atoms with Crippen molar-refractivity contribution in [1.82, 2.24) is 10.2 Å². The number of hydrogen-bond donors (Lipinski definition) is 3. The van der Waals surface area contributed by atoms with Crippen LogP contribution in [0.3, 0.4) is 0 Å². The number of aliphatic hydroxyl groups is 1. The Bertz CT molecular complexity index is 435. The molecule has 2 amide bonds. The Hall–Kier alpha value is -1.59. The summed E-state index contributed by atoms with van der Waals surface area (Å²) in [6, 6.07) is 7.84. The minimum Gasteiger partial charge on any atom is -0.393 e. The first kappa shape index (κ1) is 16.5. The van der Waals surface area contributed by atoms with Gasteiger partial charge in [-0.2, -0.15) is 0 Å². The van der Waals surface area contributed by atoms with Gasteiger partial charge >= 0.3 is 6.03 Å². The van der Waals surface area contributed by atoms with Crippen LogP contribution in [-0.2, 0) is 0 Å². The number of benzene rings is 1. The fourth-order valence-corrected chi connectivity index (χ4v) is 1.75. The minimum absolute atomic E-state index is 0.167. The van der Waals surface area contributed by atoms with E-state index in [9.17, 15) is 9.90 Å². The number of nitrogens with zero attached hydrogens (tertiary/aromatic N) is 1. The summed E-state index contributed by atoms with van der Waals surface area (Å²) in [4.78, 5) is 13.6. The Balaban J connectivity index is 2.61. The Morgan fingerprint density at radius 2 is 2.10 bits per heavy atom. The van der Waals surface area contributed by atoms with Gasteiger partial charge in [-0.3, -0.25) is 0 Å². The summed E-state index contributed by atoms with van der Waals surface area (Å²) in [6.45, 7) is 4.31. The molecule has 0 aromatic heterocycles. The van der Waals surface area contributed by atoms with Crippen LogP contribution in [0.5, 0.6) is 0 Å². The predicted octanol–water partition coefficient (Wildman–Crippen LogP) is 2.20. The maximum atomic E-state index is 12.0. The molecular formula is C15H25N3O2. The van der Waals surface area contributed by atoms with Gasteiger partial charge < -0.3 is 20.6 Å². The van der Waals surface area contributed by atoms with E-state index in [1.807, 2.05) is 31.3 Å². The molecule has 2 unspecified atom stereocenters. The molecule has 1 aromatic rings. The van der Waals surface area contributed by atoms with Gasteiger partial charge in [0.25, 0.3) is 0 Å². The first-order valence-corrected chi connectivity index (χ1v) is 6.91. The SMILES string of the molecule is CNC(C)c1cccc(NC(=O)N(C)CCC(C)O)c1. The number of amides is 2. The largest absolute Gasteiger partial charge is 0.393 e. The summed E-state index contributed by atoms with van der Waals surface area (Å²) < 4.78 is 0. The van der Waals surface area contributed by atoms with Crippen LogP contribution >= 0.6 is 0 Å². The molecule has 0 fully saturated rings. The Kier molecular flexibility index (Phi) is 6.48. The average molecular weight is 279 g/mol. The van der Waals surface area contributed by atoms with Crippen LogP contribution in [0, 0.1) is 0 Å². The van der Waals surface area contributed by atoms with Crippen LogP contribution in [0.1, 0.15) is 31.9 Å². The third kappa shape index (κ3) is 5.19. The zero-order chi connectivity index (χ0) is 15.1. The highest BCUT2D eigenvalue weighted by molar-refractivity contribution is 5.89. The van der Waals surface area contributed by atoms with Crippen molar-refractivity contribution < 1.29 is 9.90 Å². The number of carbonyl (C=O) groups excluding carboxylic acids is 1. The van der Waals surface area contributed by atoms with Crippen molar-refractivity contribution in [2.45, 2.75) is 32.4 Å². The summed E-state index contributed by atoms with van der Waals surface area (Å²) in [5, 5.41) is 15.3. The summed E-state index contributed by atoms with van der Waals surface area (Å²) in [7, 11) is 3.62. The lowest BCUT2D eigenvalue weighted by molar-refractivity contribution is 0.167. The van der Waals surface area contributed by atoms with Crippen LogP contribution in [0.15, 0.2) is 24.3 Å². The Labute approximate surface area is 121 Å². The third-order valence-corrected chi connectivity index (χ3v) is 3.30. The zero-order valence-corrected chi connectivity index (χ0v) is 12.7. The molecule has 0 aliphatic carbocycles. The van der Waals surface area contributed by atoms with E-state index in [1.165, 1.54) is 0 Å². The number of aliphatic hydroxyl groups excluding tert-OH is 1. The highest BCUT2D eigenvalue weighted by atomic mass is 16.3. The third-order valence-electron chi connectivity index (χ3n) is 3.30. The number of anilines is 1. The number of carbonyl (C=O) groups is 1. The van der Waals surface area contributed by atoms with E-state index in [0.29, 0.717) is 13.0 Å². The van der Waals surface area contributed by atoms with Crippen molar-refractivity contribution in [3.8, 4) is 0 Å². The van der Waals surface area contributed by atoms with E-state index >= 15 is 0 Å². The number of rotatable bonds is 6. The van der Waals surface area contributed by atoms with Gasteiger partial charge in [0.2, 0.25) is 0 Å². The van der Waals surface area contributed by atoms with Crippen LogP contribution in [0.25, 0.3) is 0 Å². The van der Waals surface area contributed by atoms with E-state index in [4.69, 9.17) is 0 Å². The van der Waals surface area contributed by atoms with Gasteiger partial charge in [-0.1, -0.05) is 12.1 Å². The van der Waals surface area contributed by atoms with Gasteiger partial charge in [0, 0.05) is 25.3 Å². The van der Waals surface area contributed by atoms with Crippen LogP contribution in [0.2, 0.25) is 0 Å². The van der Waals surface area contributed by atoms with Crippen LogP contribution in [0.4, 0.5) is 10.5 Å². The normalized spacial score (nSPS) is 13.7. The molecule has 5 heteroatoms. The molecule has 0 saturated heterocycles. The lowest BCUT2D eigenvalue weighted by atomic mass is 10.1. The molecule has 3 N–H and O–H groups in total. The van der Waals surface area contributed by atoms with E-state index in [2.05, 4.69) is 17.6 Å². The molecule has 0 bridgehead atoms. The second-order valence-electron chi connectivity index (χ2n) is 5.13. The van der Waals surface area contributed by atoms with Crippen molar-refractivity contribution in [3.63, 3.8) is 0 Å². The Morgan fingerprint density at radius 1 is 1.40 bits per heavy atom. The lowest BCUT2D eigenvalue weighted by Crippen LogP contribution is -2.33. The highest BCUT2D eigenvalue weighted by Gasteiger charge is 2.10. The first-order chi connectivity index (χ1) is 9.43. The van der Waals surface area contributed by atoms with Crippen LogP contribution < -0.4 is 10.6 Å². The highest BCUT2D eigenvalue weighted by Crippen LogP contribution is 2.17. The van der Waals surface area contributed by atoms with Crippen molar-refractivity contribution in [1.29, 1.82) is 0 Å². The smallest absolute Gasteiger partial charge is 0.321 e. The fourth-order valence-electron chi connectivity index (χ4n) is 1.75. The summed E-state index contributed by atoms with van der Waals surface area (Å²) in [6.07, 6.45) is 0.172. The van der Waals surface area contributed by atoms with Gasteiger partial charge in [0.15, 0.2) is 0 Å². The molecule has 20 heavy (non-hydrogen) atoms. The number of urea groups is 1. The van der Waals surface area contributed by atoms with E-state index in [-0.39, 0.29) is 12.1 Å². The molecule has 0 saturated carbocycles. The monoisotopic (exact) mass is 279 g/mol. The van der Waals surface area contributed by atoms with Crippen LogP contribution in [-0.4, -0.2) is 42.8 Å². The lowest BCUT2D eigenvalue weighted by Gasteiger charge is -2.19. The molecule has 112 valence electrons. The van der Waals surface area contributed by atoms with Gasteiger partial charge in [-0.25, -0.2) is 4.79 Å². The maximum absolute atomic E-state index is 12.0. The summed E-state index contributed by atoms with van der Waals surface area (Å²) in [5.41, 5.74) is 1.90. The quantitative estimate of drug-likeness (QED) is 0.748.